The zero-order valence-electron chi connectivity index (χ0n) is 13.1. The number of rotatable bonds is 5. The van der Waals surface area contributed by atoms with Gasteiger partial charge in [-0.25, -0.2) is 17.6 Å². The van der Waals surface area contributed by atoms with E-state index in [4.69, 9.17) is 0 Å². The van der Waals surface area contributed by atoms with Gasteiger partial charge < -0.3 is 0 Å². The van der Waals surface area contributed by atoms with E-state index < -0.39 is 45.0 Å². The van der Waals surface area contributed by atoms with Crippen LogP contribution in [0.4, 0.5) is 23.4 Å². The van der Waals surface area contributed by atoms with E-state index in [0.717, 1.165) is 37.2 Å². The molecule has 26 heavy (non-hydrogen) atoms. The number of aromatic nitrogens is 2. The molecule has 0 bridgehead atoms. The Morgan fingerprint density at radius 3 is 2.46 bits per heavy atom. The first-order valence-electron chi connectivity index (χ1n) is 7.52. The molecule has 1 N–H and O–H groups in total. The number of hydrogen-bond acceptors (Lipinski definition) is 4. The molecule has 1 aromatic heterocycles. The molecule has 0 aliphatic heterocycles. The maximum atomic E-state index is 14.1. The molecule has 1 aromatic carbocycles. The van der Waals surface area contributed by atoms with Crippen LogP contribution in [0.2, 0.25) is 0 Å². The number of alkyl halides is 3. The van der Waals surface area contributed by atoms with Crippen molar-refractivity contribution in [1.82, 2.24) is 9.55 Å². The Labute approximate surface area is 145 Å². The number of nitrogens with one attached hydrogen (secondary N) is 1. The second-order valence-electron chi connectivity index (χ2n) is 5.91. The number of sulfonamides is 1. The van der Waals surface area contributed by atoms with E-state index in [9.17, 15) is 30.8 Å². The SMILES string of the molecule is O=c1nc(NS(=O)(=O)c2ccc(C3CC3)cc2F)ccn1CC(F)(F)F. The smallest absolute Gasteiger partial charge is 0.290 e. The second kappa shape index (κ2) is 6.38. The third-order valence-electron chi connectivity index (χ3n) is 3.76. The minimum atomic E-state index is -4.63. The molecule has 0 unspecified atom stereocenters. The Morgan fingerprint density at radius 1 is 1.23 bits per heavy atom. The molecule has 0 atom stereocenters. The number of benzene rings is 1. The molecule has 1 heterocycles. The Morgan fingerprint density at radius 2 is 1.92 bits per heavy atom. The maximum absolute atomic E-state index is 14.1. The molecular weight excluding hydrogens is 378 g/mol. The first-order chi connectivity index (χ1) is 12.0. The van der Waals surface area contributed by atoms with Crippen molar-refractivity contribution in [1.29, 1.82) is 0 Å². The molecule has 1 aliphatic rings. The van der Waals surface area contributed by atoms with Gasteiger partial charge in [-0.3, -0.25) is 9.29 Å². The van der Waals surface area contributed by atoms with Gasteiger partial charge in [0.05, 0.1) is 0 Å². The zero-order chi connectivity index (χ0) is 19.1. The van der Waals surface area contributed by atoms with Crippen LogP contribution in [0.25, 0.3) is 0 Å². The van der Waals surface area contributed by atoms with E-state index in [0.29, 0.717) is 5.56 Å². The summed E-state index contributed by atoms with van der Waals surface area (Å²) in [5, 5.41) is 0. The molecule has 11 heteroatoms. The standard InChI is InChI=1S/C15H13F4N3O3S/c16-11-7-10(9-1-2-9)3-4-12(11)26(24,25)21-13-5-6-22(14(23)20-13)8-15(17,18)19/h3-7,9H,1-2,8H2,(H,20,21,23). The molecule has 1 aliphatic carbocycles. The molecule has 6 nitrogen and oxygen atoms in total. The van der Waals surface area contributed by atoms with Crippen LogP contribution in [0.15, 0.2) is 40.2 Å². The molecule has 2 aromatic rings. The monoisotopic (exact) mass is 391 g/mol. The topological polar surface area (TPSA) is 81.1 Å². The van der Waals surface area contributed by atoms with Crippen LogP contribution in [0.1, 0.15) is 24.3 Å². The van der Waals surface area contributed by atoms with Gasteiger partial charge in [0.15, 0.2) is 0 Å². The molecule has 1 saturated carbocycles. The summed E-state index contributed by atoms with van der Waals surface area (Å²) in [4.78, 5) is 14.2. The Bertz CT molecular complexity index is 998. The van der Waals surface area contributed by atoms with Crippen LogP contribution < -0.4 is 10.4 Å². The lowest BCUT2D eigenvalue weighted by molar-refractivity contribution is -0.141. The molecule has 140 valence electrons. The highest BCUT2D eigenvalue weighted by atomic mass is 32.2. The van der Waals surface area contributed by atoms with Gasteiger partial charge in [0.1, 0.15) is 23.1 Å². The molecule has 0 radical (unpaired) electrons. The van der Waals surface area contributed by atoms with Gasteiger partial charge in [-0.15, -0.1) is 0 Å². The quantitative estimate of drug-likeness (QED) is 0.795. The van der Waals surface area contributed by atoms with Crippen molar-refractivity contribution >= 4 is 15.8 Å². The van der Waals surface area contributed by atoms with Crippen molar-refractivity contribution in [2.75, 3.05) is 4.72 Å². The predicted molar refractivity (Wildman–Crippen MR) is 83.7 cm³/mol. The number of nitrogens with zero attached hydrogens (tertiary/aromatic N) is 2. The highest BCUT2D eigenvalue weighted by Gasteiger charge is 2.29. The highest BCUT2D eigenvalue weighted by Crippen LogP contribution is 2.40. The molecule has 0 saturated heterocycles. The van der Waals surface area contributed by atoms with Crippen molar-refractivity contribution in [2.45, 2.75) is 36.4 Å². The average Bonchev–Trinajstić information content (AvgIpc) is 3.33. The first kappa shape index (κ1) is 18.4. The summed E-state index contributed by atoms with van der Waals surface area (Å²) >= 11 is 0. The maximum Gasteiger partial charge on any atom is 0.406 e. The highest BCUT2D eigenvalue weighted by molar-refractivity contribution is 7.92. The number of hydrogen-bond donors (Lipinski definition) is 1. The van der Waals surface area contributed by atoms with Gasteiger partial charge in [0.25, 0.3) is 10.0 Å². The van der Waals surface area contributed by atoms with E-state index in [1.54, 1.807) is 0 Å². The van der Waals surface area contributed by atoms with Gasteiger partial charge in [-0.1, -0.05) is 6.07 Å². The minimum absolute atomic E-state index is 0.233. The van der Waals surface area contributed by atoms with Crippen molar-refractivity contribution in [3.8, 4) is 0 Å². The normalized spacial score (nSPS) is 15.1. The zero-order valence-corrected chi connectivity index (χ0v) is 13.9. The van der Waals surface area contributed by atoms with E-state index >= 15 is 0 Å². The van der Waals surface area contributed by atoms with Crippen molar-refractivity contribution in [2.24, 2.45) is 0 Å². The van der Waals surface area contributed by atoms with Gasteiger partial charge in [-0.2, -0.15) is 18.2 Å². The third kappa shape index (κ3) is 4.21. The summed E-state index contributed by atoms with van der Waals surface area (Å²) < 4.78 is 77.8. The van der Waals surface area contributed by atoms with Gasteiger partial charge in [0, 0.05) is 6.20 Å². The van der Waals surface area contributed by atoms with Gasteiger partial charge >= 0.3 is 11.9 Å². The van der Waals surface area contributed by atoms with Crippen LogP contribution >= 0.6 is 0 Å². The van der Waals surface area contributed by atoms with Crippen LogP contribution in [0, 0.1) is 5.82 Å². The van der Waals surface area contributed by atoms with Crippen LogP contribution in [0.3, 0.4) is 0 Å². The van der Waals surface area contributed by atoms with E-state index in [2.05, 4.69) is 4.98 Å². The summed E-state index contributed by atoms with van der Waals surface area (Å²) in [6.07, 6.45) is -2.03. The molecule has 0 amide bonds. The fraction of sp³-hybridized carbons (Fsp3) is 0.333. The van der Waals surface area contributed by atoms with Crippen LogP contribution in [-0.4, -0.2) is 24.1 Å². The van der Waals surface area contributed by atoms with E-state index in [1.807, 2.05) is 4.72 Å². The summed E-state index contributed by atoms with van der Waals surface area (Å²) in [6.45, 7) is -1.55. The first-order valence-corrected chi connectivity index (χ1v) is 9.00. The Kier molecular flexibility index (Phi) is 4.51. The Balaban J connectivity index is 1.83. The summed E-state index contributed by atoms with van der Waals surface area (Å²) in [7, 11) is -4.39. The minimum Gasteiger partial charge on any atom is -0.290 e. The van der Waals surface area contributed by atoms with E-state index in [-0.39, 0.29) is 10.5 Å². The van der Waals surface area contributed by atoms with Crippen molar-refractivity contribution in [3.05, 3.63) is 52.3 Å². The summed E-state index contributed by atoms with van der Waals surface area (Å²) in [6, 6.07) is 4.64. The van der Waals surface area contributed by atoms with E-state index in [1.165, 1.54) is 6.07 Å². The van der Waals surface area contributed by atoms with Gasteiger partial charge in [0.2, 0.25) is 0 Å². The molecule has 0 spiro atoms. The summed E-state index contributed by atoms with van der Waals surface area (Å²) in [5.74, 6) is -1.22. The number of anilines is 1. The third-order valence-corrected chi connectivity index (χ3v) is 5.14. The fourth-order valence-corrected chi connectivity index (χ4v) is 3.46. The Hall–Kier alpha value is -2.43. The molecule has 3 rings (SSSR count). The predicted octanol–water partition coefficient (Wildman–Crippen LogP) is 2.62. The summed E-state index contributed by atoms with van der Waals surface area (Å²) in [5.41, 5.74) is -0.582. The van der Waals surface area contributed by atoms with Crippen LogP contribution in [0.5, 0.6) is 0 Å². The lowest BCUT2D eigenvalue weighted by Crippen LogP contribution is -2.30. The molecular formula is C15H13F4N3O3S. The molecule has 1 fully saturated rings. The average molecular weight is 391 g/mol. The number of halogens is 4. The fourth-order valence-electron chi connectivity index (χ4n) is 2.40. The van der Waals surface area contributed by atoms with Crippen molar-refractivity contribution < 1.29 is 26.0 Å². The van der Waals surface area contributed by atoms with Crippen molar-refractivity contribution in [3.63, 3.8) is 0 Å². The largest absolute Gasteiger partial charge is 0.406 e. The lowest BCUT2D eigenvalue weighted by atomic mass is 10.1. The second-order valence-corrected chi connectivity index (χ2v) is 7.56. The lowest BCUT2D eigenvalue weighted by Gasteiger charge is -2.11. The van der Waals surface area contributed by atoms with Crippen LogP contribution in [-0.2, 0) is 16.6 Å². The van der Waals surface area contributed by atoms with Gasteiger partial charge in [-0.05, 0) is 42.5 Å².